The first-order valence-electron chi connectivity index (χ1n) is 11.8. The van der Waals surface area contributed by atoms with Crippen molar-refractivity contribution >= 4 is 37.3 Å². The second kappa shape index (κ2) is 12.6. The second-order valence-electron chi connectivity index (χ2n) is 10.8. The number of nitrogens with one attached hydrogen (secondary N) is 1. The molecule has 2 aliphatic rings. The fourth-order valence-electron chi connectivity index (χ4n) is 3.05. The maximum Gasteiger partial charge on any atom is 0.480 e. The summed E-state index contributed by atoms with van der Waals surface area (Å²) in [6.07, 6.45) is -3.16. The third-order valence-corrected chi connectivity index (χ3v) is 7.17. The number of rotatable bonds is 11. The molecule has 0 aliphatic carbocycles. The number of hydrogen-bond acceptors (Lipinski definition) is 12. The van der Waals surface area contributed by atoms with Gasteiger partial charge in [0.25, 0.3) is 5.91 Å². The maximum atomic E-state index is 15.2. The summed E-state index contributed by atoms with van der Waals surface area (Å²) < 4.78 is 59.5. The van der Waals surface area contributed by atoms with Crippen LogP contribution in [-0.2, 0) is 46.7 Å². The number of hydrogen-bond donors (Lipinski definition) is 2. The zero-order valence-corrected chi connectivity index (χ0v) is 24.3. The summed E-state index contributed by atoms with van der Waals surface area (Å²) in [6.45, 7) is 10.5. The molecule has 0 saturated carbocycles. The van der Waals surface area contributed by atoms with Gasteiger partial charge in [0.05, 0.1) is 23.3 Å². The highest BCUT2D eigenvalue weighted by molar-refractivity contribution is 7.48. The Bertz CT molecular complexity index is 993. The standard InChI is InChI=1S/C23H35ClFN2O11P/c1-14-26-15(28)8-9-27(14)18-16(25)17(29)23(10-24,38-18)11-35-39(32,36-12-33-19(30)21(2,3)4)37-13-34-20(31)22(5,6)7/h8-9,16-18,29H,1,10-13H2,2-7H3,(H,26,28)/t16-,17+,18-,23-/m1/s1. The van der Waals surface area contributed by atoms with Gasteiger partial charge in [-0.15, -0.1) is 11.6 Å². The number of carbonyl (C=O) groups excluding carboxylic acids is 3. The molecule has 0 spiro atoms. The molecule has 39 heavy (non-hydrogen) atoms. The fourth-order valence-corrected chi connectivity index (χ4v) is 4.31. The van der Waals surface area contributed by atoms with Gasteiger partial charge in [-0.2, -0.15) is 0 Å². The highest BCUT2D eigenvalue weighted by Crippen LogP contribution is 2.51. The zero-order valence-electron chi connectivity index (χ0n) is 22.6. The Labute approximate surface area is 231 Å². The molecule has 13 nitrogen and oxygen atoms in total. The lowest BCUT2D eigenvalue weighted by atomic mass is 9.98. The molecule has 0 unspecified atom stereocenters. The van der Waals surface area contributed by atoms with E-state index >= 15 is 4.39 Å². The fraction of sp³-hybridized carbons (Fsp3) is 0.696. The number of ether oxygens (including phenoxy) is 3. The van der Waals surface area contributed by atoms with Crippen molar-refractivity contribution in [3.8, 4) is 0 Å². The Balaban J connectivity index is 2.18. The van der Waals surface area contributed by atoms with Gasteiger partial charge in [-0.05, 0) is 41.5 Å². The topological polar surface area (TPSA) is 159 Å². The number of phosphoric acid groups is 1. The number of carbonyl (C=O) groups is 3. The SMILES string of the molecule is C=C1NC(=O)C=CN1[C@@H]1O[C@](CCl)(COP(=O)(OCOC(=O)C(C)(C)C)OCOC(=O)C(C)(C)C)[C@@H](O)[C@H]1F. The molecule has 4 atom stereocenters. The molecule has 222 valence electrons. The molecule has 0 radical (unpaired) electrons. The summed E-state index contributed by atoms with van der Waals surface area (Å²) in [4.78, 5) is 36.7. The third kappa shape index (κ3) is 8.46. The van der Waals surface area contributed by atoms with Crippen molar-refractivity contribution in [3.05, 3.63) is 24.7 Å². The molecule has 0 aromatic carbocycles. The molecule has 0 bridgehead atoms. The van der Waals surface area contributed by atoms with Crippen molar-refractivity contribution in [1.29, 1.82) is 0 Å². The van der Waals surface area contributed by atoms with E-state index < -0.39 is 86.7 Å². The molecule has 16 heteroatoms. The Hall–Kier alpha value is -2.06. The molecule has 0 aromatic heterocycles. The zero-order chi connectivity index (χ0) is 29.8. The van der Waals surface area contributed by atoms with Crippen molar-refractivity contribution in [3.63, 3.8) is 0 Å². The Kier molecular flexibility index (Phi) is 10.7. The van der Waals surface area contributed by atoms with Crippen molar-refractivity contribution in [1.82, 2.24) is 10.2 Å². The van der Waals surface area contributed by atoms with Crippen LogP contribution in [-0.4, -0.2) is 78.0 Å². The molecular formula is C23H35ClFN2O11P. The summed E-state index contributed by atoms with van der Waals surface area (Å²) in [7, 11) is -4.69. The van der Waals surface area contributed by atoms with Gasteiger partial charge in [-0.25, -0.2) is 18.0 Å². The molecule has 1 amide bonds. The van der Waals surface area contributed by atoms with Crippen LogP contribution in [0, 0.1) is 10.8 Å². The number of aliphatic hydroxyl groups is 1. The average Bonchev–Trinajstić information content (AvgIpc) is 3.07. The molecule has 2 heterocycles. The van der Waals surface area contributed by atoms with Crippen molar-refractivity contribution < 1.29 is 56.2 Å². The van der Waals surface area contributed by atoms with E-state index in [4.69, 9.17) is 39.4 Å². The molecule has 2 N–H and O–H groups in total. The molecule has 2 rings (SSSR count). The third-order valence-electron chi connectivity index (χ3n) is 5.43. The Morgan fingerprint density at radius 2 is 1.67 bits per heavy atom. The van der Waals surface area contributed by atoms with Crippen LogP contribution in [0.4, 0.5) is 4.39 Å². The summed E-state index contributed by atoms with van der Waals surface area (Å²) in [5.74, 6) is -2.44. The van der Waals surface area contributed by atoms with E-state index in [1.807, 2.05) is 0 Å². The maximum absolute atomic E-state index is 15.2. The quantitative estimate of drug-likeness (QED) is 0.155. The number of halogens is 2. The first-order chi connectivity index (χ1) is 17.8. The van der Waals surface area contributed by atoms with Crippen molar-refractivity contribution in [2.45, 2.75) is 65.6 Å². The van der Waals surface area contributed by atoms with E-state index in [1.165, 1.54) is 6.20 Å². The average molecular weight is 601 g/mol. The summed E-state index contributed by atoms with van der Waals surface area (Å²) in [5.41, 5.74) is -3.79. The first-order valence-corrected chi connectivity index (χ1v) is 13.8. The lowest BCUT2D eigenvalue weighted by Gasteiger charge is -2.34. The lowest BCUT2D eigenvalue weighted by Crippen LogP contribution is -2.48. The Morgan fingerprint density at radius 3 is 2.10 bits per heavy atom. The van der Waals surface area contributed by atoms with Gasteiger partial charge < -0.3 is 29.5 Å². The van der Waals surface area contributed by atoms with Gasteiger partial charge in [0.1, 0.15) is 17.5 Å². The van der Waals surface area contributed by atoms with Crippen molar-refractivity contribution in [2.24, 2.45) is 10.8 Å². The molecule has 0 aromatic rings. The van der Waals surface area contributed by atoms with Crippen LogP contribution in [0.5, 0.6) is 0 Å². The number of alkyl halides is 2. The minimum atomic E-state index is -4.69. The normalized spacial score (nSPS) is 26.0. The number of nitrogens with zero attached hydrogens (tertiary/aromatic N) is 1. The smallest absolute Gasteiger partial charge is 0.437 e. The molecule has 1 fully saturated rings. The number of amides is 1. The Morgan fingerprint density at radius 1 is 1.15 bits per heavy atom. The van der Waals surface area contributed by atoms with E-state index in [0.717, 1.165) is 11.0 Å². The highest BCUT2D eigenvalue weighted by Gasteiger charge is 2.58. The van der Waals surface area contributed by atoms with Gasteiger partial charge in [0.2, 0.25) is 13.6 Å². The molecular weight excluding hydrogens is 566 g/mol. The predicted octanol–water partition coefficient (Wildman–Crippen LogP) is 2.69. The first kappa shape index (κ1) is 33.1. The van der Waals surface area contributed by atoms with Crippen LogP contribution in [0.25, 0.3) is 0 Å². The van der Waals surface area contributed by atoms with E-state index in [0.29, 0.717) is 0 Å². The monoisotopic (exact) mass is 600 g/mol. The van der Waals surface area contributed by atoms with E-state index in [2.05, 4.69) is 11.9 Å². The number of aliphatic hydroxyl groups excluding tert-OH is 1. The largest absolute Gasteiger partial charge is 0.480 e. The second-order valence-corrected chi connectivity index (χ2v) is 12.8. The predicted molar refractivity (Wildman–Crippen MR) is 134 cm³/mol. The van der Waals surface area contributed by atoms with Crippen LogP contribution in [0.15, 0.2) is 24.7 Å². The van der Waals surface area contributed by atoms with E-state index in [-0.39, 0.29) is 5.82 Å². The van der Waals surface area contributed by atoms with Gasteiger partial charge >= 0.3 is 19.8 Å². The van der Waals surface area contributed by atoms with Crippen LogP contribution >= 0.6 is 19.4 Å². The minimum Gasteiger partial charge on any atom is -0.437 e. The van der Waals surface area contributed by atoms with Gasteiger partial charge in [0, 0.05) is 12.3 Å². The molecule has 1 saturated heterocycles. The van der Waals surface area contributed by atoms with Crippen LogP contribution in [0.2, 0.25) is 0 Å². The molecule has 2 aliphatic heterocycles. The van der Waals surface area contributed by atoms with Gasteiger partial charge in [0.15, 0.2) is 12.4 Å². The minimum absolute atomic E-state index is 0.0210. The number of esters is 2. The summed E-state index contributed by atoms with van der Waals surface area (Å²) in [5, 5.41) is 13.1. The van der Waals surface area contributed by atoms with E-state index in [1.54, 1.807) is 41.5 Å². The van der Waals surface area contributed by atoms with Crippen LogP contribution < -0.4 is 5.32 Å². The van der Waals surface area contributed by atoms with Crippen LogP contribution in [0.1, 0.15) is 41.5 Å². The van der Waals surface area contributed by atoms with Crippen LogP contribution in [0.3, 0.4) is 0 Å². The van der Waals surface area contributed by atoms with Gasteiger partial charge in [-0.3, -0.25) is 18.9 Å². The summed E-state index contributed by atoms with van der Waals surface area (Å²) in [6, 6.07) is 0. The van der Waals surface area contributed by atoms with Crippen molar-refractivity contribution in [2.75, 3.05) is 26.1 Å². The highest BCUT2D eigenvalue weighted by atomic mass is 35.5. The lowest BCUT2D eigenvalue weighted by molar-refractivity contribution is -0.165. The van der Waals surface area contributed by atoms with E-state index in [9.17, 15) is 24.1 Å². The summed E-state index contributed by atoms with van der Waals surface area (Å²) >= 11 is 6.04. The number of phosphoric ester groups is 1. The van der Waals surface area contributed by atoms with Gasteiger partial charge in [-0.1, -0.05) is 6.58 Å².